The van der Waals surface area contributed by atoms with Gasteiger partial charge in [0.05, 0.1) is 24.1 Å². The lowest BCUT2D eigenvalue weighted by atomic mass is 9.90. The zero-order valence-electron chi connectivity index (χ0n) is 26.0. The van der Waals surface area contributed by atoms with Crippen molar-refractivity contribution in [2.45, 2.75) is 66.0 Å². The first-order valence-corrected chi connectivity index (χ1v) is 14.4. The highest BCUT2D eigenvalue weighted by atomic mass is 19.1. The van der Waals surface area contributed by atoms with Gasteiger partial charge in [0.25, 0.3) is 5.56 Å². The molecular formula is C34H41FN4O4. The van der Waals surface area contributed by atoms with Crippen molar-refractivity contribution in [3.63, 3.8) is 0 Å². The third kappa shape index (κ3) is 8.17. The molecule has 0 aliphatic carbocycles. The second-order valence-electron chi connectivity index (χ2n) is 11.9. The van der Waals surface area contributed by atoms with Crippen LogP contribution in [0.15, 0.2) is 47.4 Å². The maximum Gasteiger partial charge on any atom is 0.305 e. The summed E-state index contributed by atoms with van der Waals surface area (Å²) in [4.78, 5) is 41.1. The average molecular weight is 589 g/mol. The summed E-state index contributed by atoms with van der Waals surface area (Å²) < 4.78 is 17.1. The fourth-order valence-electron chi connectivity index (χ4n) is 5.35. The summed E-state index contributed by atoms with van der Waals surface area (Å²) in [6.45, 7) is 9.89. The second kappa shape index (κ2) is 14.3. The summed E-state index contributed by atoms with van der Waals surface area (Å²) in [7, 11) is 3.91. The molecule has 0 radical (unpaired) electrons. The molecule has 0 fully saturated rings. The Bertz CT molecular complexity index is 1600. The van der Waals surface area contributed by atoms with Crippen molar-refractivity contribution in [2.24, 2.45) is 5.92 Å². The lowest BCUT2D eigenvalue weighted by Crippen LogP contribution is -2.40. The fourth-order valence-corrected chi connectivity index (χ4v) is 5.35. The van der Waals surface area contributed by atoms with E-state index in [9.17, 15) is 24.8 Å². The van der Waals surface area contributed by atoms with Crippen LogP contribution < -0.4 is 10.9 Å². The van der Waals surface area contributed by atoms with Crippen molar-refractivity contribution < 1.29 is 19.1 Å². The number of pyridine rings is 1. The van der Waals surface area contributed by atoms with Crippen LogP contribution in [0.25, 0.3) is 11.1 Å². The van der Waals surface area contributed by atoms with Gasteiger partial charge in [-0.25, -0.2) is 4.39 Å². The number of nitrogens with zero attached hydrogens (tertiary/aromatic N) is 3. The molecule has 228 valence electrons. The first-order chi connectivity index (χ1) is 20.2. The van der Waals surface area contributed by atoms with Gasteiger partial charge in [0, 0.05) is 29.9 Å². The minimum atomic E-state index is -1.22. The van der Waals surface area contributed by atoms with Crippen LogP contribution in [0.5, 0.6) is 0 Å². The summed E-state index contributed by atoms with van der Waals surface area (Å²) in [5, 5.41) is 22.3. The molecule has 2 atom stereocenters. The van der Waals surface area contributed by atoms with Gasteiger partial charge in [-0.05, 0) is 99.6 Å². The van der Waals surface area contributed by atoms with Gasteiger partial charge in [-0.1, -0.05) is 26.0 Å². The third-order valence-corrected chi connectivity index (χ3v) is 7.59. The molecule has 0 bridgehead atoms. The number of aromatic nitrogens is 1. The summed E-state index contributed by atoms with van der Waals surface area (Å²) in [5.74, 6) is -2.40. The SMILES string of the molecule is Cc1cc(=O)n(C(CC(C)C)C(=O)N[C@@H](CC(=O)O)c2cc(-c3c(C)cccc3C#N)cc(C)c2F)cc1CCN(C)C. The molecule has 0 aliphatic rings. The van der Waals surface area contributed by atoms with E-state index in [4.69, 9.17) is 0 Å². The van der Waals surface area contributed by atoms with E-state index >= 15 is 4.39 Å². The van der Waals surface area contributed by atoms with Crippen LogP contribution in [0.1, 0.15) is 72.2 Å². The summed E-state index contributed by atoms with van der Waals surface area (Å²) >= 11 is 0. The number of amides is 1. The van der Waals surface area contributed by atoms with E-state index in [0.717, 1.165) is 23.2 Å². The van der Waals surface area contributed by atoms with Crippen LogP contribution in [0.4, 0.5) is 4.39 Å². The predicted octanol–water partition coefficient (Wildman–Crippen LogP) is 5.47. The van der Waals surface area contributed by atoms with Crippen molar-refractivity contribution in [2.75, 3.05) is 20.6 Å². The van der Waals surface area contributed by atoms with Crippen LogP contribution >= 0.6 is 0 Å². The molecule has 3 aromatic rings. The van der Waals surface area contributed by atoms with E-state index in [1.54, 1.807) is 31.3 Å². The molecule has 0 aliphatic heterocycles. The number of carboxylic acids is 1. The number of aliphatic carboxylic acids is 1. The molecule has 2 aromatic carbocycles. The average Bonchev–Trinajstić information content (AvgIpc) is 2.92. The van der Waals surface area contributed by atoms with Gasteiger partial charge in [0.2, 0.25) is 5.91 Å². The van der Waals surface area contributed by atoms with Crippen molar-refractivity contribution in [1.29, 1.82) is 5.26 Å². The van der Waals surface area contributed by atoms with Crippen molar-refractivity contribution >= 4 is 11.9 Å². The minimum Gasteiger partial charge on any atom is -0.481 e. The van der Waals surface area contributed by atoms with Gasteiger partial charge in [-0.2, -0.15) is 5.26 Å². The normalized spacial score (nSPS) is 12.7. The van der Waals surface area contributed by atoms with E-state index < -0.39 is 36.2 Å². The Morgan fingerprint density at radius 3 is 2.40 bits per heavy atom. The third-order valence-electron chi connectivity index (χ3n) is 7.59. The molecule has 1 unspecified atom stereocenters. The van der Waals surface area contributed by atoms with E-state index in [1.165, 1.54) is 16.7 Å². The fraction of sp³-hybridized carbons (Fsp3) is 0.412. The smallest absolute Gasteiger partial charge is 0.305 e. The van der Waals surface area contributed by atoms with Gasteiger partial charge in [0.15, 0.2) is 0 Å². The lowest BCUT2D eigenvalue weighted by Gasteiger charge is -2.26. The second-order valence-corrected chi connectivity index (χ2v) is 11.9. The van der Waals surface area contributed by atoms with Crippen LogP contribution in [-0.4, -0.2) is 47.1 Å². The predicted molar refractivity (Wildman–Crippen MR) is 165 cm³/mol. The van der Waals surface area contributed by atoms with Crippen LogP contribution in [0.3, 0.4) is 0 Å². The van der Waals surface area contributed by atoms with Gasteiger partial charge in [-0.15, -0.1) is 0 Å². The molecule has 0 saturated carbocycles. The van der Waals surface area contributed by atoms with Crippen LogP contribution in [0.2, 0.25) is 0 Å². The Labute approximate surface area is 252 Å². The van der Waals surface area contributed by atoms with Crippen molar-refractivity contribution in [1.82, 2.24) is 14.8 Å². The Kier molecular flexibility index (Phi) is 11.0. The van der Waals surface area contributed by atoms with Crippen molar-refractivity contribution in [3.8, 4) is 17.2 Å². The number of hydrogen-bond donors (Lipinski definition) is 2. The first-order valence-electron chi connectivity index (χ1n) is 14.4. The number of halogens is 1. The molecule has 1 amide bonds. The van der Waals surface area contributed by atoms with E-state index in [1.807, 2.05) is 52.8 Å². The maximum absolute atomic E-state index is 15.7. The van der Waals surface area contributed by atoms with E-state index in [0.29, 0.717) is 29.5 Å². The Balaban J connectivity index is 2.11. The van der Waals surface area contributed by atoms with Crippen LogP contribution in [0, 0.1) is 43.8 Å². The number of benzene rings is 2. The molecule has 1 heterocycles. The first kappa shape index (κ1) is 33.2. The molecule has 9 heteroatoms. The zero-order chi connectivity index (χ0) is 32.0. The summed E-state index contributed by atoms with van der Waals surface area (Å²) in [5.41, 5.74) is 4.04. The number of rotatable bonds is 12. The van der Waals surface area contributed by atoms with E-state index in [2.05, 4.69) is 11.4 Å². The summed E-state index contributed by atoms with van der Waals surface area (Å²) in [6, 6.07) is 9.92. The molecule has 8 nitrogen and oxygen atoms in total. The van der Waals surface area contributed by atoms with E-state index in [-0.39, 0.29) is 22.6 Å². The molecular weight excluding hydrogens is 547 g/mol. The maximum atomic E-state index is 15.7. The molecule has 43 heavy (non-hydrogen) atoms. The highest BCUT2D eigenvalue weighted by Gasteiger charge is 2.29. The van der Waals surface area contributed by atoms with Crippen LogP contribution in [-0.2, 0) is 16.0 Å². The van der Waals surface area contributed by atoms with Gasteiger partial charge >= 0.3 is 5.97 Å². The number of carbonyl (C=O) groups excluding carboxylic acids is 1. The molecule has 1 aromatic heterocycles. The Morgan fingerprint density at radius 1 is 1.09 bits per heavy atom. The molecule has 2 N–H and O–H groups in total. The number of hydrogen-bond acceptors (Lipinski definition) is 5. The number of nitriles is 1. The number of carbonyl (C=O) groups is 2. The molecule has 0 saturated heterocycles. The quantitative estimate of drug-likeness (QED) is 0.290. The van der Waals surface area contributed by atoms with Gasteiger partial charge in [-0.3, -0.25) is 14.4 Å². The highest BCUT2D eigenvalue weighted by Crippen LogP contribution is 2.33. The topological polar surface area (TPSA) is 115 Å². The standard InChI is InChI=1S/C34H41FN4O4/c1-20(2)13-29(39-19-25(11-12-38(6)7)22(4)15-30(39)40)34(43)37-28(17-31(41)42)27-16-26(14-23(5)33(27)35)32-21(3)9-8-10-24(32)18-36/h8-10,14-16,19-20,28-29H,11-13,17H2,1-7H3,(H,37,43)(H,41,42)/t28-,29?/m0/s1. The largest absolute Gasteiger partial charge is 0.481 e. The monoisotopic (exact) mass is 588 g/mol. The number of aryl methyl sites for hydroxylation is 3. The molecule has 0 spiro atoms. The molecule has 3 rings (SSSR count). The number of carboxylic acid groups (broad SMARTS) is 1. The van der Waals surface area contributed by atoms with Gasteiger partial charge in [0.1, 0.15) is 11.9 Å². The zero-order valence-corrected chi connectivity index (χ0v) is 26.0. The van der Waals surface area contributed by atoms with Crippen molar-refractivity contribution in [3.05, 3.63) is 92.1 Å². The number of likely N-dealkylation sites (N-methyl/N-ethyl adjacent to an activating group) is 1. The lowest BCUT2D eigenvalue weighted by molar-refractivity contribution is -0.138. The van der Waals surface area contributed by atoms with Gasteiger partial charge < -0.3 is 19.9 Å². The Morgan fingerprint density at radius 2 is 1.79 bits per heavy atom. The highest BCUT2D eigenvalue weighted by molar-refractivity contribution is 5.82. The number of nitrogens with one attached hydrogen (secondary N) is 1. The summed E-state index contributed by atoms with van der Waals surface area (Å²) in [6.07, 6.45) is 2.14. The minimum absolute atomic E-state index is 0.00381. The Hall–Kier alpha value is -4.29.